The molecule has 1 aliphatic heterocycles. The largest absolute Gasteiger partial charge is 0.481 e. The van der Waals surface area contributed by atoms with Gasteiger partial charge in [0.1, 0.15) is 5.92 Å². The lowest BCUT2D eigenvalue weighted by atomic mass is 10.0. The van der Waals surface area contributed by atoms with E-state index in [9.17, 15) is 14.4 Å². The average Bonchev–Trinajstić information content (AvgIpc) is 2.86. The van der Waals surface area contributed by atoms with Crippen molar-refractivity contribution >= 4 is 17.9 Å². The molecule has 4 N–H and O–H groups in total. The number of nitrogens with one attached hydrogen (secondary N) is 1. The molecule has 0 saturated carbocycles. The highest BCUT2D eigenvalue weighted by atomic mass is 16.5. The number of likely N-dealkylation sites (N-methyl/N-ethyl adjacent to an activating group) is 1. The molecule has 114 valence electrons. The standard InChI is InChI=1S/C12H21N3O5/c1-15(9-7-20-6-8(9)11(17)18)12(19)14-5-3-2-4-10(13)16/h8-9H,2-7H2,1H3,(H2,13,16)(H,14,19)(H,17,18). The molecule has 0 aliphatic carbocycles. The predicted octanol–water partition coefficient (Wildman–Crippen LogP) is -0.617. The van der Waals surface area contributed by atoms with Crippen LogP contribution in [0.2, 0.25) is 0 Å². The number of carboxylic acids is 1. The number of urea groups is 1. The van der Waals surface area contributed by atoms with E-state index >= 15 is 0 Å². The van der Waals surface area contributed by atoms with Crippen molar-refractivity contribution < 1.29 is 24.2 Å². The summed E-state index contributed by atoms with van der Waals surface area (Å²) in [5.74, 6) is -2.02. The van der Waals surface area contributed by atoms with Gasteiger partial charge in [-0.3, -0.25) is 9.59 Å². The third kappa shape index (κ3) is 4.69. The quantitative estimate of drug-likeness (QED) is 0.539. The first-order chi connectivity index (χ1) is 9.43. The normalized spacial score (nSPS) is 21.4. The Morgan fingerprint density at radius 2 is 2.05 bits per heavy atom. The summed E-state index contributed by atoms with van der Waals surface area (Å²) in [7, 11) is 1.55. The number of aliphatic carboxylic acids is 1. The zero-order chi connectivity index (χ0) is 15.1. The Morgan fingerprint density at radius 1 is 1.35 bits per heavy atom. The van der Waals surface area contributed by atoms with Crippen LogP contribution < -0.4 is 11.1 Å². The van der Waals surface area contributed by atoms with Gasteiger partial charge in [-0.15, -0.1) is 0 Å². The van der Waals surface area contributed by atoms with E-state index in [1.165, 1.54) is 4.90 Å². The monoisotopic (exact) mass is 287 g/mol. The summed E-state index contributed by atoms with van der Waals surface area (Å²) < 4.78 is 5.12. The topological polar surface area (TPSA) is 122 Å². The fraction of sp³-hybridized carbons (Fsp3) is 0.750. The summed E-state index contributed by atoms with van der Waals surface area (Å²) >= 11 is 0. The maximum Gasteiger partial charge on any atom is 0.317 e. The Labute approximate surface area is 117 Å². The lowest BCUT2D eigenvalue weighted by Gasteiger charge is -2.26. The number of nitrogens with two attached hydrogens (primary N) is 1. The molecular weight excluding hydrogens is 266 g/mol. The van der Waals surface area contributed by atoms with E-state index in [0.717, 1.165) is 0 Å². The first-order valence-corrected chi connectivity index (χ1v) is 6.53. The molecule has 8 heteroatoms. The van der Waals surface area contributed by atoms with Crippen LogP contribution in [-0.4, -0.2) is 60.8 Å². The van der Waals surface area contributed by atoms with Crippen LogP contribution in [-0.2, 0) is 14.3 Å². The van der Waals surface area contributed by atoms with Gasteiger partial charge in [0.25, 0.3) is 0 Å². The van der Waals surface area contributed by atoms with Crippen LogP contribution in [0.1, 0.15) is 19.3 Å². The first-order valence-electron chi connectivity index (χ1n) is 6.53. The van der Waals surface area contributed by atoms with Crippen molar-refractivity contribution in [3.63, 3.8) is 0 Å². The van der Waals surface area contributed by atoms with Crippen molar-refractivity contribution in [1.29, 1.82) is 0 Å². The van der Waals surface area contributed by atoms with E-state index in [2.05, 4.69) is 5.32 Å². The minimum absolute atomic E-state index is 0.121. The molecule has 1 heterocycles. The summed E-state index contributed by atoms with van der Waals surface area (Å²) in [6.07, 6.45) is 1.55. The van der Waals surface area contributed by atoms with Crippen molar-refractivity contribution in [1.82, 2.24) is 10.2 Å². The van der Waals surface area contributed by atoms with Gasteiger partial charge in [0.05, 0.1) is 19.3 Å². The summed E-state index contributed by atoms with van der Waals surface area (Å²) in [5.41, 5.74) is 5.01. The summed E-state index contributed by atoms with van der Waals surface area (Å²) in [4.78, 5) is 34.8. The van der Waals surface area contributed by atoms with Gasteiger partial charge in [-0.1, -0.05) is 0 Å². The number of hydrogen-bond donors (Lipinski definition) is 3. The van der Waals surface area contributed by atoms with Crippen molar-refractivity contribution in [3.05, 3.63) is 0 Å². The maximum atomic E-state index is 11.9. The Balaban J connectivity index is 2.31. The van der Waals surface area contributed by atoms with Gasteiger partial charge in [0.2, 0.25) is 5.91 Å². The predicted molar refractivity (Wildman–Crippen MR) is 69.9 cm³/mol. The number of amides is 3. The smallest absolute Gasteiger partial charge is 0.317 e. The Hall–Kier alpha value is -1.83. The Kier molecular flexibility index (Phi) is 6.23. The van der Waals surface area contributed by atoms with Gasteiger partial charge >= 0.3 is 12.0 Å². The molecule has 1 rings (SSSR count). The van der Waals surface area contributed by atoms with Gasteiger partial charge in [-0.25, -0.2) is 4.79 Å². The Morgan fingerprint density at radius 3 is 2.65 bits per heavy atom. The number of carboxylic acid groups (broad SMARTS) is 1. The summed E-state index contributed by atoms with van der Waals surface area (Å²) in [5, 5.41) is 11.7. The number of primary amides is 1. The fourth-order valence-electron chi connectivity index (χ4n) is 2.06. The summed E-state index contributed by atoms with van der Waals surface area (Å²) in [6.45, 7) is 0.764. The fourth-order valence-corrected chi connectivity index (χ4v) is 2.06. The van der Waals surface area contributed by atoms with Crippen LogP contribution in [0, 0.1) is 5.92 Å². The second-order valence-corrected chi connectivity index (χ2v) is 4.82. The molecular formula is C12H21N3O5. The molecule has 1 aliphatic rings. The molecule has 3 amide bonds. The van der Waals surface area contributed by atoms with Crippen LogP contribution >= 0.6 is 0 Å². The number of unbranched alkanes of at least 4 members (excludes halogenated alkanes) is 1. The van der Waals surface area contributed by atoms with Crippen molar-refractivity contribution in [2.75, 3.05) is 26.8 Å². The summed E-state index contributed by atoms with van der Waals surface area (Å²) in [6, 6.07) is -0.802. The van der Waals surface area contributed by atoms with Gasteiger partial charge < -0.3 is 25.8 Å². The van der Waals surface area contributed by atoms with Crippen LogP contribution in [0.3, 0.4) is 0 Å². The van der Waals surface area contributed by atoms with Crippen LogP contribution in [0.4, 0.5) is 4.79 Å². The highest BCUT2D eigenvalue weighted by Crippen LogP contribution is 2.18. The molecule has 0 radical (unpaired) electrons. The molecule has 0 bridgehead atoms. The van der Waals surface area contributed by atoms with Crippen molar-refractivity contribution in [2.24, 2.45) is 11.7 Å². The van der Waals surface area contributed by atoms with E-state index in [4.69, 9.17) is 15.6 Å². The number of hydrogen-bond acceptors (Lipinski definition) is 4. The number of nitrogens with zero attached hydrogens (tertiary/aromatic N) is 1. The van der Waals surface area contributed by atoms with Crippen LogP contribution in [0.25, 0.3) is 0 Å². The first kappa shape index (κ1) is 16.2. The lowest BCUT2D eigenvalue weighted by Crippen LogP contribution is -2.48. The number of carbonyl (C=O) groups excluding carboxylic acids is 2. The molecule has 0 aromatic carbocycles. The van der Waals surface area contributed by atoms with E-state index in [0.29, 0.717) is 25.8 Å². The van der Waals surface area contributed by atoms with E-state index in [1.54, 1.807) is 7.05 Å². The second kappa shape index (κ2) is 7.68. The van der Waals surface area contributed by atoms with Gasteiger partial charge in [-0.05, 0) is 12.8 Å². The molecule has 2 atom stereocenters. The van der Waals surface area contributed by atoms with Crippen LogP contribution in [0.15, 0.2) is 0 Å². The highest BCUT2D eigenvalue weighted by Gasteiger charge is 2.38. The van der Waals surface area contributed by atoms with E-state index in [-0.39, 0.29) is 25.2 Å². The molecule has 0 aromatic heterocycles. The van der Waals surface area contributed by atoms with E-state index < -0.39 is 17.9 Å². The molecule has 1 saturated heterocycles. The third-order valence-corrected chi connectivity index (χ3v) is 3.31. The molecule has 1 fully saturated rings. The SMILES string of the molecule is CN(C(=O)NCCCCC(N)=O)C1COCC1C(=O)O. The number of ether oxygens (including phenoxy) is 1. The molecule has 20 heavy (non-hydrogen) atoms. The number of carbonyl (C=O) groups is 3. The van der Waals surface area contributed by atoms with Crippen molar-refractivity contribution in [3.8, 4) is 0 Å². The highest BCUT2D eigenvalue weighted by molar-refractivity contribution is 5.77. The molecule has 2 unspecified atom stereocenters. The van der Waals surface area contributed by atoms with Gasteiger partial charge in [0.15, 0.2) is 0 Å². The second-order valence-electron chi connectivity index (χ2n) is 4.82. The minimum Gasteiger partial charge on any atom is -0.481 e. The average molecular weight is 287 g/mol. The minimum atomic E-state index is -0.964. The Bertz CT molecular complexity index is 374. The molecule has 0 spiro atoms. The van der Waals surface area contributed by atoms with Gasteiger partial charge in [0, 0.05) is 20.0 Å². The van der Waals surface area contributed by atoms with Gasteiger partial charge in [-0.2, -0.15) is 0 Å². The zero-order valence-corrected chi connectivity index (χ0v) is 11.5. The third-order valence-electron chi connectivity index (χ3n) is 3.31. The zero-order valence-electron chi connectivity index (χ0n) is 11.5. The number of rotatable bonds is 7. The lowest BCUT2D eigenvalue weighted by molar-refractivity contribution is -0.142. The maximum absolute atomic E-state index is 11.9. The van der Waals surface area contributed by atoms with E-state index in [1.807, 2.05) is 0 Å². The van der Waals surface area contributed by atoms with Crippen LogP contribution in [0.5, 0.6) is 0 Å². The molecule has 0 aromatic rings. The van der Waals surface area contributed by atoms with Crippen molar-refractivity contribution in [2.45, 2.75) is 25.3 Å². The molecule has 8 nitrogen and oxygen atoms in total.